The molecule has 0 bridgehead atoms. The first-order valence-corrected chi connectivity index (χ1v) is 9.26. The third-order valence-electron chi connectivity index (χ3n) is 4.72. The van der Waals surface area contributed by atoms with E-state index in [9.17, 15) is 9.59 Å². The van der Waals surface area contributed by atoms with Gasteiger partial charge in [-0.05, 0) is 57.2 Å². The van der Waals surface area contributed by atoms with Gasteiger partial charge in [-0.2, -0.15) is 0 Å². The van der Waals surface area contributed by atoms with Crippen LogP contribution in [-0.2, 0) is 14.3 Å². The summed E-state index contributed by atoms with van der Waals surface area (Å²) in [6.45, 7) is 6.42. The van der Waals surface area contributed by atoms with Crippen molar-refractivity contribution in [2.45, 2.75) is 52.1 Å². The molecule has 26 heavy (non-hydrogen) atoms. The van der Waals surface area contributed by atoms with Crippen molar-refractivity contribution in [3.8, 4) is 5.75 Å². The second-order valence-electron chi connectivity index (χ2n) is 6.67. The zero-order valence-electron chi connectivity index (χ0n) is 16.1. The van der Waals surface area contributed by atoms with Crippen molar-refractivity contribution in [3.63, 3.8) is 0 Å². The quantitative estimate of drug-likeness (QED) is 0.506. The number of hydrogen-bond acceptors (Lipinski definition) is 5. The molecule has 0 aliphatic heterocycles. The molecule has 1 atom stereocenters. The zero-order valence-corrected chi connectivity index (χ0v) is 16.1. The Balaban J connectivity index is 2.19. The van der Waals surface area contributed by atoms with Crippen molar-refractivity contribution in [2.75, 3.05) is 25.6 Å². The Kier molecular flexibility index (Phi) is 7.03. The Hall–Kier alpha value is -2.08. The summed E-state index contributed by atoms with van der Waals surface area (Å²) >= 11 is 0. The number of rotatable bonds is 10. The van der Waals surface area contributed by atoms with Gasteiger partial charge in [0.15, 0.2) is 0 Å². The second-order valence-corrected chi connectivity index (χ2v) is 6.67. The summed E-state index contributed by atoms with van der Waals surface area (Å²) in [5.41, 5.74) is -0.0310. The number of benzene rings is 1. The van der Waals surface area contributed by atoms with Gasteiger partial charge < -0.3 is 19.5 Å². The Bertz CT molecular complexity index is 641. The van der Waals surface area contributed by atoms with Gasteiger partial charge in [0.25, 0.3) is 5.91 Å². The molecule has 0 aromatic heterocycles. The van der Waals surface area contributed by atoms with E-state index in [1.165, 1.54) is 0 Å². The number of carbonyl (C=O) groups excluding carboxylic acids is 2. The molecule has 0 radical (unpaired) electrons. The molecule has 1 amide bonds. The number of carbonyl (C=O) groups is 2. The van der Waals surface area contributed by atoms with E-state index >= 15 is 0 Å². The summed E-state index contributed by atoms with van der Waals surface area (Å²) in [5, 5.41) is 2.86. The van der Waals surface area contributed by atoms with Crippen LogP contribution in [0.1, 0.15) is 56.8 Å². The maximum atomic E-state index is 12.7. The van der Waals surface area contributed by atoms with Crippen molar-refractivity contribution in [2.24, 2.45) is 5.92 Å². The fourth-order valence-electron chi connectivity index (χ4n) is 2.76. The fourth-order valence-corrected chi connectivity index (χ4v) is 2.76. The van der Waals surface area contributed by atoms with Gasteiger partial charge in [-0.3, -0.25) is 4.79 Å². The van der Waals surface area contributed by atoms with Crippen LogP contribution in [0.3, 0.4) is 0 Å². The number of nitrogens with one attached hydrogen (secondary N) is 1. The fraction of sp³-hybridized carbons (Fsp3) is 0.600. The number of esters is 1. The normalized spacial score (nSPS) is 15.8. The van der Waals surface area contributed by atoms with E-state index < -0.39 is 11.6 Å². The van der Waals surface area contributed by atoms with E-state index in [4.69, 9.17) is 14.2 Å². The van der Waals surface area contributed by atoms with E-state index in [0.717, 1.165) is 25.7 Å². The highest BCUT2D eigenvalue weighted by Crippen LogP contribution is 2.42. The maximum absolute atomic E-state index is 12.7. The van der Waals surface area contributed by atoms with Gasteiger partial charge in [0.1, 0.15) is 16.9 Å². The summed E-state index contributed by atoms with van der Waals surface area (Å²) in [4.78, 5) is 24.9. The molecule has 0 saturated heterocycles. The molecule has 6 nitrogen and oxygen atoms in total. The molecule has 1 N–H and O–H groups in total. The summed E-state index contributed by atoms with van der Waals surface area (Å²) in [5.74, 6) is 0.0176. The Morgan fingerprint density at radius 3 is 2.58 bits per heavy atom. The zero-order chi connectivity index (χ0) is 19.2. The molecular formula is C20H29NO5. The lowest BCUT2D eigenvalue weighted by Crippen LogP contribution is -2.44. The second kappa shape index (κ2) is 9.03. The minimum atomic E-state index is -0.861. The van der Waals surface area contributed by atoms with Crippen LogP contribution in [0.2, 0.25) is 0 Å². The first-order valence-electron chi connectivity index (χ1n) is 9.26. The van der Waals surface area contributed by atoms with Crippen LogP contribution in [0.4, 0.5) is 5.69 Å². The van der Waals surface area contributed by atoms with Gasteiger partial charge in [0, 0.05) is 12.8 Å². The summed E-state index contributed by atoms with van der Waals surface area (Å²) in [6, 6.07) is 5.02. The van der Waals surface area contributed by atoms with Gasteiger partial charge in [-0.15, -0.1) is 0 Å². The van der Waals surface area contributed by atoms with Crippen molar-refractivity contribution in [1.29, 1.82) is 0 Å². The number of unbranched alkanes of at least 4 members (excludes halogenated alkanes) is 1. The van der Waals surface area contributed by atoms with Gasteiger partial charge >= 0.3 is 5.97 Å². The highest BCUT2D eigenvalue weighted by atomic mass is 16.5. The molecule has 0 heterocycles. The minimum absolute atomic E-state index is 0.211. The Morgan fingerprint density at radius 1 is 1.27 bits per heavy atom. The molecular weight excluding hydrogens is 334 g/mol. The summed E-state index contributed by atoms with van der Waals surface area (Å²) in [6.07, 6.45) is 3.86. The monoisotopic (exact) mass is 363 g/mol. The smallest absolute Gasteiger partial charge is 0.341 e. The van der Waals surface area contributed by atoms with Crippen molar-refractivity contribution in [3.05, 3.63) is 23.8 Å². The van der Waals surface area contributed by atoms with Gasteiger partial charge in [0.2, 0.25) is 0 Å². The van der Waals surface area contributed by atoms with Crippen LogP contribution < -0.4 is 10.1 Å². The van der Waals surface area contributed by atoms with E-state index in [-0.39, 0.29) is 18.4 Å². The third kappa shape index (κ3) is 4.75. The van der Waals surface area contributed by atoms with Crippen LogP contribution in [0.15, 0.2) is 18.2 Å². The molecule has 1 aromatic rings. The van der Waals surface area contributed by atoms with E-state index in [0.29, 0.717) is 23.6 Å². The highest BCUT2D eigenvalue weighted by Gasteiger charge is 2.47. The minimum Gasteiger partial charge on any atom is -0.493 e. The van der Waals surface area contributed by atoms with Gasteiger partial charge in [0.05, 0.1) is 13.2 Å². The number of ether oxygens (including phenoxy) is 3. The molecule has 1 saturated carbocycles. The molecule has 1 aliphatic rings. The number of amides is 1. The number of anilines is 1. The Morgan fingerprint density at radius 2 is 2.00 bits per heavy atom. The van der Waals surface area contributed by atoms with Crippen molar-refractivity contribution < 1.29 is 23.8 Å². The summed E-state index contributed by atoms with van der Waals surface area (Å²) in [7, 11) is 1.55. The predicted octanol–water partition coefficient (Wildman–Crippen LogP) is 3.80. The molecule has 1 fully saturated rings. The molecule has 0 spiro atoms. The summed E-state index contributed by atoms with van der Waals surface area (Å²) < 4.78 is 16.3. The van der Waals surface area contributed by atoms with Gasteiger partial charge in [-0.25, -0.2) is 4.79 Å². The standard InChI is InChI=1S/C20H29NO5/c1-5-7-12-26-17-11-10-15(13-16(17)18(22)25-6-2)21-19(23)20(3,24-4)14-8-9-14/h10-11,13-14H,5-9,12H2,1-4H3,(H,21,23)/t20-/m1/s1. The lowest BCUT2D eigenvalue weighted by molar-refractivity contribution is -0.138. The van der Waals surface area contributed by atoms with E-state index in [1.807, 2.05) is 0 Å². The average molecular weight is 363 g/mol. The first-order chi connectivity index (χ1) is 12.5. The van der Waals surface area contributed by atoms with Crippen LogP contribution in [0.5, 0.6) is 5.75 Å². The number of hydrogen-bond donors (Lipinski definition) is 1. The predicted molar refractivity (Wildman–Crippen MR) is 99.6 cm³/mol. The SMILES string of the molecule is CCCCOc1ccc(NC(=O)[C@](C)(OC)C2CC2)cc1C(=O)OCC. The van der Waals surface area contributed by atoms with Crippen molar-refractivity contribution >= 4 is 17.6 Å². The molecule has 0 unspecified atom stereocenters. The first kappa shape index (κ1) is 20.2. The molecule has 2 rings (SSSR count). The van der Waals surface area contributed by atoms with Crippen molar-refractivity contribution in [1.82, 2.24) is 0 Å². The highest BCUT2D eigenvalue weighted by molar-refractivity contribution is 6.00. The number of methoxy groups -OCH3 is 1. The molecule has 1 aromatic carbocycles. The van der Waals surface area contributed by atoms with Crippen LogP contribution in [0.25, 0.3) is 0 Å². The maximum Gasteiger partial charge on any atom is 0.341 e. The van der Waals surface area contributed by atoms with Crippen LogP contribution in [0, 0.1) is 5.92 Å². The van der Waals surface area contributed by atoms with E-state index in [1.54, 1.807) is 39.2 Å². The van der Waals surface area contributed by atoms with Crippen LogP contribution in [-0.4, -0.2) is 37.8 Å². The van der Waals surface area contributed by atoms with E-state index in [2.05, 4.69) is 12.2 Å². The largest absolute Gasteiger partial charge is 0.493 e. The lowest BCUT2D eigenvalue weighted by atomic mass is 9.99. The molecule has 144 valence electrons. The lowest BCUT2D eigenvalue weighted by Gasteiger charge is -2.26. The molecule has 6 heteroatoms. The van der Waals surface area contributed by atoms with Crippen LogP contribution >= 0.6 is 0 Å². The molecule has 1 aliphatic carbocycles. The third-order valence-corrected chi connectivity index (χ3v) is 4.72. The topological polar surface area (TPSA) is 73.9 Å². The van der Waals surface area contributed by atoms with Gasteiger partial charge in [-0.1, -0.05) is 13.3 Å². The Labute approximate surface area is 155 Å². The average Bonchev–Trinajstić information content (AvgIpc) is 3.48.